The number of hydrogen-bond acceptors (Lipinski definition) is 2. The first-order valence-corrected chi connectivity index (χ1v) is 6.46. The molecule has 0 bridgehead atoms. The lowest BCUT2D eigenvalue weighted by Crippen LogP contribution is -2.30. The molecule has 2 nitrogen and oxygen atoms in total. The van der Waals surface area contributed by atoms with Crippen LogP contribution in [0.5, 0.6) is 0 Å². The van der Waals surface area contributed by atoms with Gasteiger partial charge in [0, 0.05) is 19.8 Å². The second-order valence-electron chi connectivity index (χ2n) is 4.52. The van der Waals surface area contributed by atoms with Gasteiger partial charge in [0.25, 0.3) is 0 Å². The van der Waals surface area contributed by atoms with Gasteiger partial charge in [-0.1, -0.05) is 33.6 Å². The number of nitrogens with one attached hydrogen (secondary N) is 1. The van der Waals surface area contributed by atoms with Crippen molar-refractivity contribution >= 4 is 0 Å². The second kappa shape index (κ2) is 10.4. The first-order chi connectivity index (χ1) is 7.24. The summed E-state index contributed by atoms with van der Waals surface area (Å²) >= 11 is 0. The summed E-state index contributed by atoms with van der Waals surface area (Å²) in [5.74, 6) is 0.849. The zero-order valence-electron chi connectivity index (χ0n) is 11.0. The van der Waals surface area contributed by atoms with Crippen LogP contribution in [0.4, 0.5) is 0 Å². The molecule has 0 aliphatic heterocycles. The van der Waals surface area contributed by atoms with Crippen LogP contribution in [-0.4, -0.2) is 26.3 Å². The molecule has 0 aliphatic rings. The molecule has 0 saturated carbocycles. The summed E-state index contributed by atoms with van der Waals surface area (Å²) in [7, 11) is 1.78. The zero-order valence-corrected chi connectivity index (χ0v) is 11.0. The predicted octanol–water partition coefficient (Wildman–Crippen LogP) is 3.22. The molecule has 0 aromatic rings. The van der Waals surface area contributed by atoms with Gasteiger partial charge in [-0.2, -0.15) is 0 Å². The summed E-state index contributed by atoms with van der Waals surface area (Å²) in [5, 5.41) is 3.58. The van der Waals surface area contributed by atoms with Crippen LogP contribution in [0.2, 0.25) is 0 Å². The van der Waals surface area contributed by atoms with Crippen molar-refractivity contribution in [2.75, 3.05) is 20.3 Å². The summed E-state index contributed by atoms with van der Waals surface area (Å²) in [4.78, 5) is 0. The maximum absolute atomic E-state index is 5.10. The van der Waals surface area contributed by atoms with Crippen molar-refractivity contribution in [3.05, 3.63) is 0 Å². The lowest BCUT2D eigenvalue weighted by molar-refractivity contribution is 0.186. The molecular weight excluding hydrogens is 186 g/mol. The number of rotatable bonds is 10. The summed E-state index contributed by atoms with van der Waals surface area (Å²) < 4.78 is 5.10. The Kier molecular flexibility index (Phi) is 10.4. The van der Waals surface area contributed by atoms with Crippen molar-refractivity contribution in [2.24, 2.45) is 5.92 Å². The topological polar surface area (TPSA) is 21.3 Å². The Morgan fingerprint density at radius 1 is 1.20 bits per heavy atom. The van der Waals surface area contributed by atoms with Crippen molar-refractivity contribution < 1.29 is 4.74 Å². The summed E-state index contributed by atoms with van der Waals surface area (Å²) in [6.45, 7) is 8.79. The van der Waals surface area contributed by atoms with Gasteiger partial charge in [0.15, 0.2) is 0 Å². The molecule has 0 aromatic carbocycles. The Labute approximate surface area is 95.8 Å². The molecule has 0 aliphatic carbocycles. The third kappa shape index (κ3) is 8.88. The number of hydrogen-bond donors (Lipinski definition) is 1. The highest BCUT2D eigenvalue weighted by molar-refractivity contribution is 4.69. The number of ether oxygens (including phenoxy) is 1. The predicted molar refractivity (Wildman–Crippen MR) is 67.3 cm³/mol. The van der Waals surface area contributed by atoms with E-state index in [-0.39, 0.29) is 0 Å². The first-order valence-electron chi connectivity index (χ1n) is 6.46. The molecule has 0 heterocycles. The van der Waals surface area contributed by atoms with Gasteiger partial charge >= 0.3 is 0 Å². The van der Waals surface area contributed by atoms with Crippen molar-refractivity contribution in [3.63, 3.8) is 0 Å². The quantitative estimate of drug-likeness (QED) is 0.565. The van der Waals surface area contributed by atoms with Crippen LogP contribution >= 0.6 is 0 Å². The van der Waals surface area contributed by atoms with Crippen LogP contribution in [-0.2, 0) is 4.74 Å². The molecule has 15 heavy (non-hydrogen) atoms. The van der Waals surface area contributed by atoms with E-state index in [0.717, 1.165) is 19.1 Å². The normalized spacial score (nSPS) is 15.2. The van der Waals surface area contributed by atoms with Gasteiger partial charge in [-0.3, -0.25) is 0 Å². The van der Waals surface area contributed by atoms with Crippen LogP contribution in [0.1, 0.15) is 52.9 Å². The molecule has 92 valence electrons. The molecule has 2 atom stereocenters. The second-order valence-corrected chi connectivity index (χ2v) is 4.52. The molecular formula is C13H29NO. The van der Waals surface area contributed by atoms with Gasteiger partial charge in [0.2, 0.25) is 0 Å². The van der Waals surface area contributed by atoms with E-state index in [1.54, 1.807) is 7.11 Å². The van der Waals surface area contributed by atoms with Gasteiger partial charge in [0.05, 0.1) is 0 Å². The van der Waals surface area contributed by atoms with Crippen LogP contribution in [0.25, 0.3) is 0 Å². The van der Waals surface area contributed by atoms with Gasteiger partial charge in [-0.25, -0.2) is 0 Å². The van der Waals surface area contributed by atoms with Crippen molar-refractivity contribution in [2.45, 2.75) is 58.9 Å². The highest BCUT2D eigenvalue weighted by atomic mass is 16.5. The standard InChI is InChI=1S/C13H29NO/c1-5-8-12(3)11-13(14-6-2)9-7-10-15-4/h12-14H,5-11H2,1-4H3. The third-order valence-corrected chi connectivity index (χ3v) is 2.86. The van der Waals surface area contributed by atoms with Crippen LogP contribution in [0.15, 0.2) is 0 Å². The van der Waals surface area contributed by atoms with Gasteiger partial charge < -0.3 is 10.1 Å². The van der Waals surface area contributed by atoms with Gasteiger partial charge in [-0.15, -0.1) is 0 Å². The highest BCUT2D eigenvalue weighted by Crippen LogP contribution is 2.15. The smallest absolute Gasteiger partial charge is 0.0462 e. The first kappa shape index (κ1) is 14.9. The molecule has 0 aromatic heterocycles. The fraction of sp³-hybridized carbons (Fsp3) is 1.00. The number of methoxy groups -OCH3 is 1. The maximum Gasteiger partial charge on any atom is 0.0462 e. The Balaban J connectivity index is 3.70. The van der Waals surface area contributed by atoms with Gasteiger partial charge in [0.1, 0.15) is 0 Å². The van der Waals surface area contributed by atoms with E-state index >= 15 is 0 Å². The van der Waals surface area contributed by atoms with Crippen LogP contribution in [0.3, 0.4) is 0 Å². The highest BCUT2D eigenvalue weighted by Gasteiger charge is 2.11. The maximum atomic E-state index is 5.10. The third-order valence-electron chi connectivity index (χ3n) is 2.86. The molecule has 0 spiro atoms. The molecule has 2 heteroatoms. The van der Waals surface area contributed by atoms with Crippen LogP contribution < -0.4 is 5.32 Å². The molecule has 1 N–H and O–H groups in total. The van der Waals surface area contributed by atoms with E-state index in [1.165, 1.54) is 32.1 Å². The van der Waals surface area contributed by atoms with Crippen molar-refractivity contribution in [3.8, 4) is 0 Å². The van der Waals surface area contributed by atoms with E-state index < -0.39 is 0 Å². The lowest BCUT2D eigenvalue weighted by atomic mass is 9.95. The molecule has 0 rings (SSSR count). The molecule has 0 saturated heterocycles. The Bertz CT molecular complexity index is 128. The molecule has 0 amide bonds. The van der Waals surface area contributed by atoms with E-state index in [9.17, 15) is 0 Å². The minimum atomic E-state index is 0.687. The minimum absolute atomic E-state index is 0.687. The zero-order chi connectivity index (χ0) is 11.5. The summed E-state index contributed by atoms with van der Waals surface area (Å²) in [6.07, 6.45) is 6.39. The van der Waals surface area contributed by atoms with Crippen LogP contribution in [0, 0.1) is 5.92 Å². The Hall–Kier alpha value is -0.0800. The van der Waals surface area contributed by atoms with Crippen molar-refractivity contribution in [1.82, 2.24) is 5.32 Å². The average Bonchev–Trinajstić information content (AvgIpc) is 2.18. The largest absolute Gasteiger partial charge is 0.385 e. The minimum Gasteiger partial charge on any atom is -0.385 e. The summed E-state index contributed by atoms with van der Waals surface area (Å²) in [5.41, 5.74) is 0. The Morgan fingerprint density at radius 2 is 1.93 bits per heavy atom. The molecule has 0 radical (unpaired) electrons. The van der Waals surface area contributed by atoms with Crippen molar-refractivity contribution in [1.29, 1.82) is 0 Å². The lowest BCUT2D eigenvalue weighted by Gasteiger charge is -2.21. The fourth-order valence-electron chi connectivity index (χ4n) is 2.16. The Morgan fingerprint density at radius 3 is 2.47 bits per heavy atom. The average molecular weight is 215 g/mol. The van der Waals surface area contributed by atoms with Gasteiger partial charge in [-0.05, 0) is 31.7 Å². The van der Waals surface area contributed by atoms with E-state index in [1.807, 2.05) is 0 Å². The molecule has 2 unspecified atom stereocenters. The monoisotopic (exact) mass is 215 g/mol. The van der Waals surface area contributed by atoms with E-state index in [0.29, 0.717) is 6.04 Å². The SMILES string of the molecule is CCCC(C)CC(CCCOC)NCC. The van der Waals surface area contributed by atoms with E-state index in [4.69, 9.17) is 4.74 Å². The fourth-order valence-corrected chi connectivity index (χ4v) is 2.16. The van der Waals surface area contributed by atoms with E-state index in [2.05, 4.69) is 26.1 Å². The molecule has 0 fully saturated rings. The summed E-state index contributed by atoms with van der Waals surface area (Å²) in [6, 6.07) is 0.687.